The van der Waals surface area contributed by atoms with Gasteiger partial charge in [0.05, 0.1) is 0 Å². The number of rotatable bonds is 1. The molecule has 0 amide bonds. The van der Waals surface area contributed by atoms with E-state index in [1.54, 1.807) is 11.3 Å². The van der Waals surface area contributed by atoms with Crippen molar-refractivity contribution in [2.75, 3.05) is 0 Å². The molecule has 3 nitrogen and oxygen atoms in total. The van der Waals surface area contributed by atoms with E-state index in [1.807, 2.05) is 44.3 Å². The summed E-state index contributed by atoms with van der Waals surface area (Å²) in [6.45, 7) is 2.04. The Morgan fingerprint density at radius 1 is 1.18 bits per heavy atom. The van der Waals surface area contributed by atoms with Crippen LogP contribution in [0.15, 0.2) is 54.1 Å². The molecule has 4 heteroatoms. The summed E-state index contributed by atoms with van der Waals surface area (Å²) in [6, 6.07) is 8.20. The van der Waals surface area contributed by atoms with Crippen LogP contribution in [0.25, 0.3) is 15.8 Å². The van der Waals surface area contributed by atoms with Crippen molar-refractivity contribution < 1.29 is 14.1 Å². The lowest BCUT2D eigenvalue weighted by molar-refractivity contribution is -0.642. The molecule has 1 aliphatic carbocycles. The van der Waals surface area contributed by atoms with E-state index in [2.05, 4.69) is 22.8 Å². The summed E-state index contributed by atoms with van der Waals surface area (Å²) in [7, 11) is 2.00. The van der Waals surface area contributed by atoms with Gasteiger partial charge in [-0.2, -0.15) is 4.57 Å². The Bertz CT molecular complexity index is 872. The van der Waals surface area contributed by atoms with Crippen LogP contribution in [0.1, 0.15) is 11.9 Å². The lowest BCUT2D eigenvalue weighted by Crippen LogP contribution is -2.37. The van der Waals surface area contributed by atoms with Gasteiger partial charge in [0, 0.05) is 12.0 Å². The van der Waals surface area contributed by atoms with E-state index < -0.39 is 0 Å². The molecule has 2 aromatic rings. The van der Waals surface area contributed by atoms with Crippen LogP contribution in [0.3, 0.4) is 0 Å². The van der Waals surface area contributed by atoms with Gasteiger partial charge in [0.15, 0.2) is 0 Å². The number of hydrogen-bond donors (Lipinski definition) is 0. The SMILES string of the molecule is CC1=C(c2sc3ccccc3[n+]2C)C(=O)OC2C=CC=CC12. The van der Waals surface area contributed by atoms with Gasteiger partial charge in [-0.25, -0.2) is 4.79 Å². The second-order valence-electron chi connectivity index (χ2n) is 5.66. The summed E-state index contributed by atoms with van der Waals surface area (Å²) < 4.78 is 8.90. The van der Waals surface area contributed by atoms with E-state index in [0.717, 1.165) is 16.1 Å². The molecule has 110 valence electrons. The molecular formula is C18H16NO2S+. The summed E-state index contributed by atoms with van der Waals surface area (Å²) in [5, 5.41) is 0.963. The maximum Gasteiger partial charge on any atom is 0.346 e. The number of para-hydroxylation sites is 1. The molecule has 1 aliphatic heterocycles. The molecule has 0 radical (unpaired) electrons. The van der Waals surface area contributed by atoms with Crippen molar-refractivity contribution in [2.45, 2.75) is 13.0 Å². The fraction of sp³-hybridized carbons (Fsp3) is 0.222. The van der Waals surface area contributed by atoms with E-state index in [-0.39, 0.29) is 18.0 Å². The molecule has 0 spiro atoms. The topological polar surface area (TPSA) is 30.2 Å². The van der Waals surface area contributed by atoms with Crippen LogP contribution in [-0.2, 0) is 16.6 Å². The Morgan fingerprint density at radius 3 is 2.77 bits per heavy atom. The molecule has 1 aromatic carbocycles. The maximum absolute atomic E-state index is 12.5. The molecule has 2 atom stereocenters. The molecule has 22 heavy (non-hydrogen) atoms. The summed E-state index contributed by atoms with van der Waals surface area (Å²) in [6.07, 6.45) is 7.85. The third kappa shape index (κ3) is 1.87. The standard InChI is InChI=1S/C18H16NO2S/c1-11-12-7-3-5-9-14(12)21-18(20)16(11)17-19(2)13-8-4-6-10-15(13)22-17/h3-10,12,14H,1-2H3/q+1. The average Bonchev–Trinajstić information content (AvgIpc) is 2.85. The first-order valence-electron chi connectivity index (χ1n) is 7.31. The molecule has 4 rings (SSSR count). The van der Waals surface area contributed by atoms with E-state index >= 15 is 0 Å². The number of ether oxygens (including phenoxy) is 1. The minimum absolute atomic E-state index is 0.142. The number of benzene rings is 1. The normalized spacial score (nSPS) is 23.8. The van der Waals surface area contributed by atoms with Gasteiger partial charge in [-0.1, -0.05) is 41.7 Å². The van der Waals surface area contributed by atoms with Gasteiger partial charge in [-0.15, -0.1) is 0 Å². The summed E-state index contributed by atoms with van der Waals surface area (Å²) in [5.74, 6) is -0.0798. The lowest BCUT2D eigenvalue weighted by Gasteiger charge is -2.30. The Hall–Kier alpha value is -2.20. The molecule has 2 aliphatic rings. The first kappa shape index (κ1) is 13.5. The molecule has 0 fully saturated rings. The zero-order valence-electron chi connectivity index (χ0n) is 12.4. The summed E-state index contributed by atoms with van der Waals surface area (Å²) in [5.41, 5.74) is 2.94. The highest BCUT2D eigenvalue weighted by Gasteiger charge is 2.38. The number of esters is 1. The third-order valence-electron chi connectivity index (χ3n) is 4.38. The quantitative estimate of drug-likeness (QED) is 0.598. The number of hydrogen-bond acceptors (Lipinski definition) is 3. The van der Waals surface area contributed by atoms with E-state index in [4.69, 9.17) is 4.74 Å². The molecule has 2 unspecified atom stereocenters. The van der Waals surface area contributed by atoms with Crippen molar-refractivity contribution in [1.82, 2.24) is 0 Å². The lowest BCUT2D eigenvalue weighted by atomic mass is 9.85. The number of aryl methyl sites for hydroxylation is 1. The summed E-state index contributed by atoms with van der Waals surface area (Å²) >= 11 is 1.64. The van der Waals surface area contributed by atoms with Crippen molar-refractivity contribution in [1.29, 1.82) is 0 Å². The fourth-order valence-electron chi connectivity index (χ4n) is 3.18. The van der Waals surface area contributed by atoms with Crippen molar-refractivity contribution in [3.05, 3.63) is 59.2 Å². The smallest absolute Gasteiger partial charge is 0.346 e. The van der Waals surface area contributed by atoms with E-state index in [1.165, 1.54) is 4.70 Å². The van der Waals surface area contributed by atoms with Crippen molar-refractivity contribution >= 4 is 33.1 Å². The third-order valence-corrected chi connectivity index (χ3v) is 5.61. The molecule has 0 saturated heterocycles. The Balaban J connectivity index is 1.92. The summed E-state index contributed by atoms with van der Waals surface area (Å²) in [4.78, 5) is 12.5. The predicted octanol–water partition coefficient (Wildman–Crippen LogP) is 3.17. The Labute approximate surface area is 132 Å². The second kappa shape index (κ2) is 4.92. The van der Waals surface area contributed by atoms with Crippen LogP contribution in [0.2, 0.25) is 0 Å². The molecule has 1 aromatic heterocycles. The molecule has 0 bridgehead atoms. The number of aromatic nitrogens is 1. The number of thiazole rings is 1. The van der Waals surface area contributed by atoms with Gasteiger partial charge in [0.1, 0.15) is 23.4 Å². The highest BCUT2D eigenvalue weighted by Crippen LogP contribution is 2.37. The number of carbonyl (C=O) groups is 1. The van der Waals surface area contributed by atoms with Gasteiger partial charge in [0.2, 0.25) is 5.52 Å². The van der Waals surface area contributed by atoms with Crippen molar-refractivity contribution in [3.8, 4) is 0 Å². The second-order valence-corrected chi connectivity index (χ2v) is 6.69. The number of fused-ring (bicyclic) bond motifs is 2. The zero-order valence-corrected chi connectivity index (χ0v) is 13.3. The first-order valence-corrected chi connectivity index (χ1v) is 8.13. The van der Waals surface area contributed by atoms with Crippen LogP contribution in [-0.4, -0.2) is 12.1 Å². The highest BCUT2D eigenvalue weighted by atomic mass is 32.1. The molecule has 2 heterocycles. The zero-order chi connectivity index (χ0) is 15.3. The van der Waals surface area contributed by atoms with Crippen molar-refractivity contribution in [3.63, 3.8) is 0 Å². The van der Waals surface area contributed by atoms with E-state index in [0.29, 0.717) is 5.57 Å². The number of carbonyl (C=O) groups excluding carboxylic acids is 1. The maximum atomic E-state index is 12.5. The van der Waals surface area contributed by atoms with Crippen LogP contribution in [0.4, 0.5) is 0 Å². The minimum atomic E-state index is -0.221. The largest absolute Gasteiger partial charge is 0.453 e. The van der Waals surface area contributed by atoms with Gasteiger partial charge in [0.25, 0.3) is 5.01 Å². The van der Waals surface area contributed by atoms with Gasteiger partial charge in [-0.3, -0.25) is 0 Å². The molecule has 0 N–H and O–H groups in total. The number of nitrogens with zero attached hydrogens (tertiary/aromatic N) is 1. The van der Waals surface area contributed by atoms with Gasteiger partial charge in [-0.05, 0) is 24.6 Å². The average molecular weight is 310 g/mol. The molecule has 0 saturated carbocycles. The van der Waals surface area contributed by atoms with Crippen LogP contribution >= 0.6 is 11.3 Å². The highest BCUT2D eigenvalue weighted by molar-refractivity contribution is 7.19. The molecular weight excluding hydrogens is 294 g/mol. The van der Waals surface area contributed by atoms with Gasteiger partial charge < -0.3 is 4.74 Å². The predicted molar refractivity (Wildman–Crippen MR) is 87.2 cm³/mol. The van der Waals surface area contributed by atoms with Crippen LogP contribution in [0.5, 0.6) is 0 Å². The van der Waals surface area contributed by atoms with Gasteiger partial charge >= 0.3 is 5.97 Å². The Kier molecular flexibility index (Phi) is 3.01. The number of allylic oxidation sites excluding steroid dienone is 2. The van der Waals surface area contributed by atoms with Crippen LogP contribution < -0.4 is 4.57 Å². The minimum Gasteiger partial charge on any atom is -0.453 e. The first-order chi connectivity index (χ1) is 10.7. The fourth-order valence-corrected chi connectivity index (χ4v) is 4.42. The Morgan fingerprint density at radius 2 is 1.95 bits per heavy atom. The van der Waals surface area contributed by atoms with E-state index in [9.17, 15) is 4.79 Å². The van der Waals surface area contributed by atoms with Crippen molar-refractivity contribution in [2.24, 2.45) is 13.0 Å². The van der Waals surface area contributed by atoms with Crippen LogP contribution in [0, 0.1) is 5.92 Å². The monoisotopic (exact) mass is 310 g/mol.